The van der Waals surface area contributed by atoms with Crippen molar-refractivity contribution in [1.82, 2.24) is 0 Å². The van der Waals surface area contributed by atoms with E-state index in [-0.39, 0.29) is 0 Å². The van der Waals surface area contributed by atoms with Gasteiger partial charge >= 0.3 is 0 Å². The third kappa shape index (κ3) is 1.93. The number of aromatic hydroxyl groups is 1. The predicted molar refractivity (Wildman–Crippen MR) is 72.9 cm³/mol. The lowest BCUT2D eigenvalue weighted by Gasteiger charge is -2.08. The second-order valence-electron chi connectivity index (χ2n) is 4.31. The van der Waals surface area contributed by atoms with Gasteiger partial charge in [-0.25, -0.2) is 0 Å². The van der Waals surface area contributed by atoms with Crippen molar-refractivity contribution in [2.75, 3.05) is 0 Å². The zero-order valence-electron chi connectivity index (χ0n) is 9.74. The fourth-order valence-corrected chi connectivity index (χ4v) is 3.03. The third-order valence-electron chi connectivity index (χ3n) is 3.07. The molecular formula is C14H10O4S. The molecule has 0 unspecified atom stereocenters. The van der Waals surface area contributed by atoms with Crippen LogP contribution in [0.3, 0.4) is 0 Å². The standard InChI is InChI=1S/C14H10O4S/c15-13-6-5-11-7-9-3-1-2-4-10(9)8-12(11)14(13)19(16,17)18/h1-8,15H,(H,16,17,18). The van der Waals surface area contributed by atoms with Crippen LogP contribution >= 0.6 is 0 Å². The molecule has 0 atom stereocenters. The van der Waals surface area contributed by atoms with E-state index in [1.165, 1.54) is 6.07 Å². The van der Waals surface area contributed by atoms with Crippen molar-refractivity contribution < 1.29 is 18.1 Å². The zero-order valence-corrected chi connectivity index (χ0v) is 10.6. The fourth-order valence-electron chi connectivity index (χ4n) is 2.25. The maximum atomic E-state index is 11.4. The minimum absolute atomic E-state index is 0.307. The first-order valence-corrected chi connectivity index (χ1v) is 7.03. The van der Waals surface area contributed by atoms with E-state index in [1.807, 2.05) is 30.3 Å². The Bertz CT molecular complexity index is 898. The SMILES string of the molecule is O=S(=O)(O)c1c(O)ccc2cc3ccccc3cc12. The van der Waals surface area contributed by atoms with Gasteiger partial charge in [0.05, 0.1) is 0 Å². The van der Waals surface area contributed by atoms with Crippen LogP contribution in [0.5, 0.6) is 5.75 Å². The number of phenolic OH excluding ortho intramolecular Hbond substituents is 1. The lowest BCUT2D eigenvalue weighted by Crippen LogP contribution is -1.99. The first kappa shape index (κ1) is 12.0. The first-order valence-electron chi connectivity index (χ1n) is 5.59. The molecule has 0 fully saturated rings. The molecule has 0 spiro atoms. The van der Waals surface area contributed by atoms with Crippen LogP contribution in [0.1, 0.15) is 0 Å². The highest BCUT2D eigenvalue weighted by molar-refractivity contribution is 7.86. The molecule has 0 aromatic heterocycles. The maximum Gasteiger partial charge on any atom is 0.298 e. The lowest BCUT2D eigenvalue weighted by atomic mass is 10.0. The van der Waals surface area contributed by atoms with E-state index in [9.17, 15) is 18.1 Å². The van der Waals surface area contributed by atoms with Crippen LogP contribution in [0, 0.1) is 0 Å². The molecule has 3 aromatic carbocycles. The molecule has 0 amide bonds. The average molecular weight is 274 g/mol. The maximum absolute atomic E-state index is 11.4. The third-order valence-corrected chi connectivity index (χ3v) is 4.02. The molecule has 4 nitrogen and oxygen atoms in total. The molecule has 5 heteroatoms. The Balaban J connectivity index is 2.55. The molecule has 0 saturated carbocycles. The van der Waals surface area contributed by atoms with Crippen molar-refractivity contribution in [3.05, 3.63) is 48.5 Å². The summed E-state index contributed by atoms with van der Waals surface area (Å²) in [5.74, 6) is -0.453. The van der Waals surface area contributed by atoms with Crippen LogP contribution in [0.25, 0.3) is 21.5 Å². The molecule has 0 saturated heterocycles. The van der Waals surface area contributed by atoms with Gasteiger partial charge < -0.3 is 5.11 Å². The molecule has 0 aliphatic heterocycles. The molecule has 0 aliphatic carbocycles. The van der Waals surface area contributed by atoms with E-state index >= 15 is 0 Å². The Labute approximate surface area is 109 Å². The summed E-state index contributed by atoms with van der Waals surface area (Å²) >= 11 is 0. The molecular weight excluding hydrogens is 264 g/mol. The molecule has 2 N–H and O–H groups in total. The Morgan fingerprint density at radius 1 is 0.842 bits per heavy atom. The van der Waals surface area contributed by atoms with Crippen LogP contribution in [0.15, 0.2) is 53.4 Å². The summed E-state index contributed by atoms with van der Waals surface area (Å²) in [6.07, 6.45) is 0. The first-order chi connectivity index (χ1) is 8.97. The van der Waals surface area contributed by atoms with Gasteiger partial charge in [0.15, 0.2) is 0 Å². The summed E-state index contributed by atoms with van der Waals surface area (Å²) in [7, 11) is -4.48. The van der Waals surface area contributed by atoms with E-state index in [2.05, 4.69) is 0 Å². The van der Waals surface area contributed by atoms with Gasteiger partial charge in [-0.15, -0.1) is 0 Å². The minimum atomic E-state index is -4.48. The van der Waals surface area contributed by atoms with E-state index in [1.54, 1.807) is 12.1 Å². The Morgan fingerprint density at radius 3 is 2.11 bits per heavy atom. The van der Waals surface area contributed by atoms with Crippen molar-refractivity contribution in [2.45, 2.75) is 4.90 Å². The summed E-state index contributed by atoms with van der Waals surface area (Å²) in [5, 5.41) is 12.4. The molecule has 3 rings (SSSR count). The number of fused-ring (bicyclic) bond motifs is 2. The molecule has 19 heavy (non-hydrogen) atoms. The quantitative estimate of drug-likeness (QED) is 0.528. The zero-order chi connectivity index (χ0) is 13.6. The van der Waals surface area contributed by atoms with E-state index in [0.717, 1.165) is 10.8 Å². The highest BCUT2D eigenvalue weighted by Crippen LogP contribution is 2.33. The summed E-state index contributed by atoms with van der Waals surface area (Å²) < 4.78 is 32.1. The Hall–Kier alpha value is -2.11. The topological polar surface area (TPSA) is 74.6 Å². The number of rotatable bonds is 1. The number of hydrogen-bond acceptors (Lipinski definition) is 3. The Morgan fingerprint density at radius 2 is 1.47 bits per heavy atom. The predicted octanol–water partition coefficient (Wildman–Crippen LogP) is 2.95. The van der Waals surface area contributed by atoms with E-state index in [4.69, 9.17) is 0 Å². The summed E-state index contributed by atoms with van der Waals surface area (Å²) in [5.41, 5.74) is 0. The van der Waals surface area contributed by atoms with Gasteiger partial charge in [0, 0.05) is 5.39 Å². The largest absolute Gasteiger partial charge is 0.506 e. The molecule has 0 radical (unpaired) electrons. The van der Waals surface area contributed by atoms with Crippen molar-refractivity contribution in [1.29, 1.82) is 0 Å². The van der Waals surface area contributed by atoms with E-state index < -0.39 is 20.8 Å². The second-order valence-corrected chi connectivity index (χ2v) is 5.67. The molecule has 96 valence electrons. The smallest absolute Gasteiger partial charge is 0.298 e. The summed E-state index contributed by atoms with van der Waals surface area (Å²) in [6, 6.07) is 13.8. The van der Waals surface area contributed by atoms with Crippen LogP contribution in [0.4, 0.5) is 0 Å². The number of benzene rings is 3. The van der Waals surface area contributed by atoms with Crippen LogP contribution in [-0.2, 0) is 10.1 Å². The number of phenols is 1. The van der Waals surface area contributed by atoms with Gasteiger partial charge in [-0.05, 0) is 34.4 Å². The van der Waals surface area contributed by atoms with Gasteiger partial charge in [-0.3, -0.25) is 4.55 Å². The normalized spacial score (nSPS) is 12.1. The Kier molecular flexibility index (Phi) is 2.48. The number of hydrogen-bond donors (Lipinski definition) is 2. The average Bonchev–Trinajstić information content (AvgIpc) is 2.34. The molecule has 0 bridgehead atoms. The lowest BCUT2D eigenvalue weighted by molar-refractivity contribution is 0.445. The van der Waals surface area contributed by atoms with Crippen molar-refractivity contribution in [2.24, 2.45) is 0 Å². The van der Waals surface area contributed by atoms with Gasteiger partial charge in [-0.1, -0.05) is 30.3 Å². The summed E-state index contributed by atoms with van der Waals surface area (Å²) in [4.78, 5) is -0.448. The van der Waals surface area contributed by atoms with Crippen LogP contribution in [-0.4, -0.2) is 18.1 Å². The van der Waals surface area contributed by atoms with Crippen LogP contribution in [0.2, 0.25) is 0 Å². The molecule has 0 aliphatic rings. The van der Waals surface area contributed by atoms with E-state index in [0.29, 0.717) is 10.8 Å². The second kappa shape index (κ2) is 3.94. The molecule has 3 aromatic rings. The van der Waals surface area contributed by atoms with Crippen molar-refractivity contribution in [3.8, 4) is 5.75 Å². The molecule has 0 heterocycles. The van der Waals surface area contributed by atoms with Crippen molar-refractivity contribution in [3.63, 3.8) is 0 Å². The fraction of sp³-hybridized carbons (Fsp3) is 0. The van der Waals surface area contributed by atoms with Gasteiger partial charge in [-0.2, -0.15) is 8.42 Å². The van der Waals surface area contributed by atoms with Gasteiger partial charge in [0.1, 0.15) is 10.6 Å². The monoisotopic (exact) mass is 274 g/mol. The summed E-state index contributed by atoms with van der Waals surface area (Å²) in [6.45, 7) is 0. The highest BCUT2D eigenvalue weighted by Gasteiger charge is 2.19. The van der Waals surface area contributed by atoms with Crippen LogP contribution < -0.4 is 0 Å². The van der Waals surface area contributed by atoms with Gasteiger partial charge in [0.25, 0.3) is 10.1 Å². The highest BCUT2D eigenvalue weighted by atomic mass is 32.2. The van der Waals surface area contributed by atoms with Gasteiger partial charge in [0.2, 0.25) is 0 Å². The minimum Gasteiger partial charge on any atom is -0.506 e. The van der Waals surface area contributed by atoms with Crippen molar-refractivity contribution >= 4 is 31.7 Å².